The van der Waals surface area contributed by atoms with Crippen LogP contribution in [0.2, 0.25) is 0 Å². The molecule has 1 aromatic carbocycles. The van der Waals surface area contributed by atoms with Gasteiger partial charge >= 0.3 is 0 Å². The molecular weight excluding hydrogens is 167 g/mol. The molecule has 1 atom stereocenters. The molecule has 0 radical (unpaired) electrons. The van der Waals surface area contributed by atoms with Gasteiger partial charge in [-0.1, -0.05) is 18.2 Å². The van der Waals surface area contributed by atoms with Gasteiger partial charge in [0.15, 0.2) is 0 Å². The van der Waals surface area contributed by atoms with Crippen molar-refractivity contribution >= 4 is 11.6 Å². The maximum Gasteiger partial charge on any atom is 0.129 e. The SMILES string of the molecule is OC(CCl)c1ccccc1F. The third-order valence-electron chi connectivity index (χ3n) is 1.41. The zero-order chi connectivity index (χ0) is 8.27. The molecule has 0 saturated heterocycles. The van der Waals surface area contributed by atoms with Gasteiger partial charge in [0.2, 0.25) is 0 Å². The lowest BCUT2D eigenvalue weighted by Crippen LogP contribution is -2.00. The Bertz CT molecular complexity index is 239. The van der Waals surface area contributed by atoms with Crippen LogP contribution in [-0.2, 0) is 0 Å². The van der Waals surface area contributed by atoms with E-state index in [2.05, 4.69) is 0 Å². The van der Waals surface area contributed by atoms with Gasteiger partial charge in [-0.25, -0.2) is 4.39 Å². The molecular formula is C8H8ClFO. The molecule has 1 N–H and O–H groups in total. The molecule has 0 aromatic heterocycles. The summed E-state index contributed by atoms with van der Waals surface area (Å²) < 4.78 is 12.8. The molecule has 0 saturated carbocycles. The van der Waals surface area contributed by atoms with Gasteiger partial charge in [-0.15, -0.1) is 11.6 Å². The van der Waals surface area contributed by atoms with Crippen molar-refractivity contribution in [3.8, 4) is 0 Å². The highest BCUT2D eigenvalue weighted by Crippen LogP contribution is 2.16. The first kappa shape index (κ1) is 8.50. The second-order valence-corrected chi connectivity index (χ2v) is 2.50. The van der Waals surface area contributed by atoms with Gasteiger partial charge in [-0.05, 0) is 6.07 Å². The number of aliphatic hydroxyl groups is 1. The quantitative estimate of drug-likeness (QED) is 0.681. The molecule has 0 aliphatic heterocycles. The Hall–Kier alpha value is -0.600. The van der Waals surface area contributed by atoms with Gasteiger partial charge in [0.25, 0.3) is 0 Å². The van der Waals surface area contributed by atoms with Gasteiger partial charge in [-0.2, -0.15) is 0 Å². The van der Waals surface area contributed by atoms with Gasteiger partial charge in [0.05, 0.1) is 12.0 Å². The fraction of sp³-hybridized carbons (Fsp3) is 0.250. The van der Waals surface area contributed by atoms with Crippen LogP contribution in [0, 0.1) is 5.82 Å². The molecule has 0 heterocycles. The fourth-order valence-electron chi connectivity index (χ4n) is 0.828. The summed E-state index contributed by atoms with van der Waals surface area (Å²) in [5.74, 6) is -0.401. The molecule has 1 nitrogen and oxygen atoms in total. The predicted molar refractivity (Wildman–Crippen MR) is 42.1 cm³/mol. The molecule has 1 aromatic rings. The summed E-state index contributed by atoms with van der Waals surface area (Å²) in [5.41, 5.74) is 0.252. The van der Waals surface area contributed by atoms with Crippen LogP contribution in [0.1, 0.15) is 11.7 Å². The van der Waals surface area contributed by atoms with E-state index in [0.717, 1.165) is 0 Å². The Kier molecular flexibility index (Phi) is 2.85. The molecule has 60 valence electrons. The monoisotopic (exact) mass is 174 g/mol. The maximum absolute atomic E-state index is 12.8. The van der Waals surface area contributed by atoms with Crippen molar-refractivity contribution < 1.29 is 9.50 Å². The zero-order valence-corrected chi connectivity index (χ0v) is 6.55. The van der Waals surface area contributed by atoms with Crippen molar-refractivity contribution in [2.75, 3.05) is 5.88 Å². The summed E-state index contributed by atoms with van der Waals surface area (Å²) in [6.45, 7) is 0. The van der Waals surface area contributed by atoms with Crippen LogP contribution >= 0.6 is 11.6 Å². The number of benzene rings is 1. The maximum atomic E-state index is 12.8. The van der Waals surface area contributed by atoms with E-state index in [1.165, 1.54) is 12.1 Å². The second-order valence-electron chi connectivity index (χ2n) is 2.19. The van der Waals surface area contributed by atoms with Crippen LogP contribution in [-0.4, -0.2) is 11.0 Å². The van der Waals surface area contributed by atoms with Gasteiger partial charge < -0.3 is 5.11 Å². The number of hydrogen-bond donors (Lipinski definition) is 1. The molecule has 0 aliphatic rings. The Morgan fingerprint density at radius 3 is 2.64 bits per heavy atom. The van der Waals surface area contributed by atoms with Crippen LogP contribution in [0.4, 0.5) is 4.39 Å². The van der Waals surface area contributed by atoms with E-state index in [4.69, 9.17) is 16.7 Å². The third kappa shape index (κ3) is 1.91. The Morgan fingerprint density at radius 1 is 1.45 bits per heavy atom. The first-order valence-corrected chi connectivity index (χ1v) is 3.77. The molecule has 0 amide bonds. The number of rotatable bonds is 2. The fourth-order valence-corrected chi connectivity index (χ4v) is 0.995. The summed E-state index contributed by atoms with van der Waals surface area (Å²) >= 11 is 5.34. The van der Waals surface area contributed by atoms with Gasteiger partial charge in [0, 0.05) is 5.56 Å². The lowest BCUT2D eigenvalue weighted by Gasteiger charge is -2.06. The summed E-state index contributed by atoms with van der Waals surface area (Å²) in [6, 6.07) is 6.04. The minimum absolute atomic E-state index is 0.0148. The molecule has 0 bridgehead atoms. The molecule has 1 rings (SSSR count). The number of aliphatic hydroxyl groups excluding tert-OH is 1. The average Bonchev–Trinajstić information content (AvgIpc) is 2.04. The van der Waals surface area contributed by atoms with E-state index >= 15 is 0 Å². The molecule has 1 unspecified atom stereocenters. The van der Waals surface area contributed by atoms with E-state index < -0.39 is 11.9 Å². The summed E-state index contributed by atoms with van der Waals surface area (Å²) in [7, 11) is 0. The minimum Gasteiger partial charge on any atom is -0.387 e. The highest BCUT2D eigenvalue weighted by molar-refractivity contribution is 6.18. The van der Waals surface area contributed by atoms with Crippen LogP contribution < -0.4 is 0 Å². The average molecular weight is 175 g/mol. The highest BCUT2D eigenvalue weighted by atomic mass is 35.5. The van der Waals surface area contributed by atoms with Crippen molar-refractivity contribution in [1.29, 1.82) is 0 Å². The standard InChI is InChI=1S/C8H8ClFO/c9-5-8(11)6-3-1-2-4-7(6)10/h1-4,8,11H,5H2. The first-order chi connectivity index (χ1) is 5.25. The Morgan fingerprint density at radius 2 is 2.09 bits per heavy atom. The molecule has 0 fully saturated rings. The summed E-state index contributed by atoms with van der Waals surface area (Å²) in [5, 5.41) is 9.14. The van der Waals surface area contributed by atoms with Gasteiger partial charge in [0.1, 0.15) is 5.82 Å². The normalized spacial score (nSPS) is 13.0. The van der Waals surface area contributed by atoms with Crippen molar-refractivity contribution in [2.24, 2.45) is 0 Å². The Labute approximate surface area is 69.4 Å². The van der Waals surface area contributed by atoms with Crippen LogP contribution in [0.5, 0.6) is 0 Å². The van der Waals surface area contributed by atoms with E-state index in [1.54, 1.807) is 12.1 Å². The lowest BCUT2D eigenvalue weighted by atomic mass is 10.1. The first-order valence-electron chi connectivity index (χ1n) is 3.24. The topological polar surface area (TPSA) is 20.2 Å². The number of halogens is 2. The molecule has 0 aliphatic carbocycles. The smallest absolute Gasteiger partial charge is 0.129 e. The summed E-state index contributed by atoms with van der Waals surface area (Å²) in [6.07, 6.45) is -0.905. The van der Waals surface area contributed by atoms with E-state index in [-0.39, 0.29) is 11.4 Å². The van der Waals surface area contributed by atoms with Crippen molar-refractivity contribution in [3.05, 3.63) is 35.6 Å². The number of alkyl halides is 1. The van der Waals surface area contributed by atoms with Crippen LogP contribution in [0.25, 0.3) is 0 Å². The van der Waals surface area contributed by atoms with Crippen molar-refractivity contribution in [3.63, 3.8) is 0 Å². The Balaban J connectivity index is 2.93. The van der Waals surface area contributed by atoms with Crippen LogP contribution in [0.3, 0.4) is 0 Å². The van der Waals surface area contributed by atoms with E-state index in [0.29, 0.717) is 0 Å². The lowest BCUT2D eigenvalue weighted by molar-refractivity contribution is 0.197. The largest absolute Gasteiger partial charge is 0.387 e. The summed E-state index contributed by atoms with van der Waals surface area (Å²) in [4.78, 5) is 0. The second kappa shape index (κ2) is 3.69. The van der Waals surface area contributed by atoms with E-state index in [1.807, 2.05) is 0 Å². The number of hydrogen-bond acceptors (Lipinski definition) is 1. The van der Waals surface area contributed by atoms with Gasteiger partial charge in [-0.3, -0.25) is 0 Å². The highest BCUT2D eigenvalue weighted by Gasteiger charge is 2.09. The molecule has 3 heteroatoms. The van der Waals surface area contributed by atoms with Crippen molar-refractivity contribution in [2.45, 2.75) is 6.10 Å². The zero-order valence-electron chi connectivity index (χ0n) is 5.80. The van der Waals surface area contributed by atoms with E-state index in [9.17, 15) is 4.39 Å². The van der Waals surface area contributed by atoms with Crippen molar-refractivity contribution in [1.82, 2.24) is 0 Å². The molecule has 11 heavy (non-hydrogen) atoms. The predicted octanol–water partition coefficient (Wildman–Crippen LogP) is 2.10. The minimum atomic E-state index is -0.905. The van der Waals surface area contributed by atoms with Crippen LogP contribution in [0.15, 0.2) is 24.3 Å². The third-order valence-corrected chi connectivity index (χ3v) is 1.70. The molecule has 0 spiro atoms.